The lowest BCUT2D eigenvalue weighted by Gasteiger charge is -2.11. The minimum absolute atomic E-state index is 0.0637. The number of aromatic carboxylic acids is 1. The van der Waals surface area contributed by atoms with Crippen molar-refractivity contribution in [1.29, 1.82) is 0 Å². The Bertz CT molecular complexity index is 615. The van der Waals surface area contributed by atoms with Gasteiger partial charge < -0.3 is 9.67 Å². The molecule has 0 aromatic carbocycles. The molecule has 1 aliphatic rings. The van der Waals surface area contributed by atoms with Crippen LogP contribution in [-0.4, -0.2) is 30.2 Å². The maximum Gasteiger partial charge on any atom is 0.352 e. The standard InChI is InChI=1S/C13H20N2O5S/c1-9(2)15-8-11(7-12(15)13(16)17)21(18,19)14-20-10-5-3-4-6-10/h7-10,14H,3-6H2,1-2H3,(H,16,17). The number of carboxylic acids is 1. The van der Waals surface area contributed by atoms with E-state index in [9.17, 15) is 13.2 Å². The second kappa shape index (κ2) is 6.17. The predicted octanol–water partition coefficient (Wildman–Crippen LogP) is 1.92. The van der Waals surface area contributed by atoms with Crippen LogP contribution >= 0.6 is 0 Å². The van der Waals surface area contributed by atoms with Crippen molar-refractivity contribution in [1.82, 2.24) is 9.45 Å². The van der Waals surface area contributed by atoms with Gasteiger partial charge in [0, 0.05) is 12.2 Å². The molecule has 0 atom stereocenters. The van der Waals surface area contributed by atoms with Crippen LogP contribution in [0.15, 0.2) is 17.2 Å². The number of nitrogens with one attached hydrogen (secondary N) is 1. The number of hydrogen-bond donors (Lipinski definition) is 2. The average Bonchev–Trinajstić information content (AvgIpc) is 3.06. The van der Waals surface area contributed by atoms with Crippen LogP contribution in [0.4, 0.5) is 0 Å². The van der Waals surface area contributed by atoms with Gasteiger partial charge in [-0.05, 0) is 32.8 Å². The van der Waals surface area contributed by atoms with Crippen molar-refractivity contribution in [3.05, 3.63) is 18.0 Å². The molecule has 8 heteroatoms. The van der Waals surface area contributed by atoms with E-state index >= 15 is 0 Å². The Labute approximate surface area is 123 Å². The van der Waals surface area contributed by atoms with Gasteiger partial charge in [-0.15, -0.1) is 0 Å². The number of rotatable bonds is 6. The Balaban J connectivity index is 2.19. The molecule has 118 valence electrons. The SMILES string of the molecule is CC(C)n1cc(S(=O)(=O)NOC2CCCC2)cc1C(=O)O. The zero-order valence-corrected chi connectivity index (χ0v) is 12.9. The second-order valence-electron chi connectivity index (χ2n) is 5.48. The summed E-state index contributed by atoms with van der Waals surface area (Å²) in [7, 11) is -3.87. The maximum atomic E-state index is 12.2. The smallest absolute Gasteiger partial charge is 0.352 e. The first-order valence-corrected chi connectivity index (χ1v) is 8.42. The fourth-order valence-corrected chi connectivity index (χ4v) is 3.26. The molecular formula is C13H20N2O5S. The summed E-state index contributed by atoms with van der Waals surface area (Å²) in [5.74, 6) is -1.16. The van der Waals surface area contributed by atoms with Crippen LogP contribution in [0.25, 0.3) is 0 Å². The van der Waals surface area contributed by atoms with Gasteiger partial charge in [0.1, 0.15) is 10.6 Å². The van der Waals surface area contributed by atoms with Crippen LogP contribution < -0.4 is 4.89 Å². The van der Waals surface area contributed by atoms with Crippen molar-refractivity contribution in [3.63, 3.8) is 0 Å². The van der Waals surface area contributed by atoms with Gasteiger partial charge in [-0.3, -0.25) is 4.84 Å². The van der Waals surface area contributed by atoms with Crippen LogP contribution in [0.5, 0.6) is 0 Å². The molecule has 7 nitrogen and oxygen atoms in total. The topological polar surface area (TPSA) is 97.6 Å². The summed E-state index contributed by atoms with van der Waals surface area (Å²) in [4.78, 5) is 18.4. The number of nitrogens with zero attached hydrogens (tertiary/aromatic N) is 1. The molecule has 0 saturated heterocycles. The monoisotopic (exact) mass is 316 g/mol. The molecule has 0 amide bonds. The first-order chi connectivity index (χ1) is 9.81. The van der Waals surface area contributed by atoms with Crippen molar-refractivity contribution in [2.24, 2.45) is 0 Å². The van der Waals surface area contributed by atoms with Gasteiger partial charge in [-0.25, -0.2) is 13.2 Å². The van der Waals surface area contributed by atoms with E-state index in [0.717, 1.165) is 31.7 Å². The number of carbonyl (C=O) groups is 1. The van der Waals surface area contributed by atoms with Gasteiger partial charge >= 0.3 is 5.97 Å². The third-order valence-electron chi connectivity index (χ3n) is 3.54. The maximum absolute atomic E-state index is 12.2. The molecule has 2 rings (SSSR count). The molecule has 1 heterocycles. The predicted molar refractivity (Wildman–Crippen MR) is 75.4 cm³/mol. The molecule has 2 N–H and O–H groups in total. The molecule has 1 fully saturated rings. The average molecular weight is 316 g/mol. The van der Waals surface area contributed by atoms with Gasteiger partial charge in [-0.1, -0.05) is 17.7 Å². The van der Waals surface area contributed by atoms with Crippen LogP contribution in [0, 0.1) is 0 Å². The highest BCUT2D eigenvalue weighted by molar-refractivity contribution is 7.89. The molecule has 0 radical (unpaired) electrons. The Morgan fingerprint density at radius 1 is 1.43 bits per heavy atom. The van der Waals surface area contributed by atoms with Gasteiger partial charge in [0.05, 0.1) is 6.10 Å². The lowest BCUT2D eigenvalue weighted by atomic mass is 10.3. The van der Waals surface area contributed by atoms with Crippen LogP contribution in [0.3, 0.4) is 0 Å². The molecule has 1 aromatic heterocycles. The van der Waals surface area contributed by atoms with Crippen molar-refractivity contribution >= 4 is 16.0 Å². The Morgan fingerprint density at radius 3 is 2.52 bits per heavy atom. The van der Waals surface area contributed by atoms with E-state index in [4.69, 9.17) is 9.94 Å². The van der Waals surface area contributed by atoms with Gasteiger partial charge in [-0.2, -0.15) is 0 Å². The molecule has 0 spiro atoms. The molecule has 0 unspecified atom stereocenters. The highest BCUT2D eigenvalue weighted by Gasteiger charge is 2.24. The zero-order valence-electron chi connectivity index (χ0n) is 12.1. The lowest BCUT2D eigenvalue weighted by Crippen LogP contribution is -2.28. The van der Waals surface area contributed by atoms with Crippen LogP contribution in [0.2, 0.25) is 0 Å². The Hall–Kier alpha value is -1.38. The Kier molecular flexibility index (Phi) is 4.70. The minimum atomic E-state index is -3.87. The summed E-state index contributed by atoms with van der Waals surface area (Å²) < 4.78 is 25.7. The van der Waals surface area contributed by atoms with Gasteiger partial charge in [0.25, 0.3) is 10.0 Å². The third kappa shape index (κ3) is 3.63. The van der Waals surface area contributed by atoms with Crippen molar-refractivity contribution in [3.8, 4) is 0 Å². The van der Waals surface area contributed by atoms with Crippen molar-refractivity contribution in [2.45, 2.75) is 56.6 Å². The first kappa shape index (κ1) is 16.0. The third-order valence-corrected chi connectivity index (χ3v) is 4.70. The summed E-state index contributed by atoms with van der Waals surface area (Å²) in [5.41, 5.74) is -0.0637. The van der Waals surface area contributed by atoms with E-state index in [1.165, 1.54) is 10.8 Å². The minimum Gasteiger partial charge on any atom is -0.477 e. The first-order valence-electron chi connectivity index (χ1n) is 6.94. The van der Waals surface area contributed by atoms with Gasteiger partial charge in [0.15, 0.2) is 0 Å². The number of sulfonamides is 1. The van der Waals surface area contributed by atoms with E-state index < -0.39 is 16.0 Å². The van der Waals surface area contributed by atoms with Crippen LogP contribution in [-0.2, 0) is 14.9 Å². The lowest BCUT2D eigenvalue weighted by molar-refractivity contribution is 0.0223. The fourth-order valence-electron chi connectivity index (χ4n) is 2.39. The van der Waals surface area contributed by atoms with E-state index in [1.54, 1.807) is 13.8 Å². The number of carboxylic acid groups (broad SMARTS) is 1. The normalized spacial score (nSPS) is 16.7. The van der Waals surface area contributed by atoms with E-state index in [-0.39, 0.29) is 22.7 Å². The molecule has 1 aromatic rings. The van der Waals surface area contributed by atoms with E-state index in [2.05, 4.69) is 4.89 Å². The summed E-state index contributed by atoms with van der Waals surface area (Å²) >= 11 is 0. The Morgan fingerprint density at radius 2 is 2.05 bits per heavy atom. The summed E-state index contributed by atoms with van der Waals surface area (Å²) in [6, 6.07) is 0.985. The van der Waals surface area contributed by atoms with Crippen molar-refractivity contribution in [2.75, 3.05) is 0 Å². The highest BCUT2D eigenvalue weighted by atomic mass is 32.2. The highest BCUT2D eigenvalue weighted by Crippen LogP contribution is 2.22. The summed E-state index contributed by atoms with van der Waals surface area (Å²) in [6.45, 7) is 3.57. The molecule has 0 bridgehead atoms. The van der Waals surface area contributed by atoms with Crippen molar-refractivity contribution < 1.29 is 23.2 Å². The molecular weight excluding hydrogens is 296 g/mol. The molecule has 21 heavy (non-hydrogen) atoms. The second-order valence-corrected chi connectivity index (χ2v) is 7.12. The number of aromatic nitrogens is 1. The largest absolute Gasteiger partial charge is 0.477 e. The van der Waals surface area contributed by atoms with Crippen LogP contribution in [0.1, 0.15) is 56.1 Å². The van der Waals surface area contributed by atoms with Gasteiger partial charge in [0.2, 0.25) is 0 Å². The summed E-state index contributed by atoms with van der Waals surface area (Å²) in [5, 5.41) is 9.13. The molecule has 0 aliphatic heterocycles. The van der Waals surface area contributed by atoms with E-state index in [1.807, 2.05) is 0 Å². The molecule has 1 saturated carbocycles. The quantitative estimate of drug-likeness (QED) is 0.781. The fraction of sp³-hybridized carbons (Fsp3) is 0.615. The number of hydrogen-bond acceptors (Lipinski definition) is 4. The zero-order chi connectivity index (χ0) is 15.6. The summed E-state index contributed by atoms with van der Waals surface area (Å²) in [6.07, 6.45) is 4.92. The molecule has 1 aliphatic carbocycles. The van der Waals surface area contributed by atoms with E-state index in [0.29, 0.717) is 0 Å².